The lowest BCUT2D eigenvalue weighted by Crippen LogP contribution is -2.54. The molecule has 2 saturated heterocycles. The molecule has 1 N–H and O–H groups in total. The molecule has 7 heteroatoms. The van der Waals surface area contributed by atoms with Crippen LogP contribution in [0.2, 0.25) is 5.02 Å². The van der Waals surface area contributed by atoms with E-state index in [1.807, 2.05) is 24.0 Å². The molecule has 0 bridgehead atoms. The van der Waals surface area contributed by atoms with Gasteiger partial charge in [0.25, 0.3) is 0 Å². The van der Waals surface area contributed by atoms with Gasteiger partial charge in [-0.05, 0) is 31.5 Å². The molecule has 23 heavy (non-hydrogen) atoms. The number of amides is 2. The van der Waals surface area contributed by atoms with Crippen molar-refractivity contribution in [2.75, 3.05) is 31.1 Å². The van der Waals surface area contributed by atoms with E-state index in [0.29, 0.717) is 24.5 Å². The monoisotopic (exact) mass is 357 g/mol. The molecular weight excluding hydrogens is 337 g/mol. The zero-order valence-electron chi connectivity index (χ0n) is 13.0. The minimum Gasteiger partial charge on any atom is -0.337 e. The number of nitrogens with zero attached hydrogens (tertiary/aromatic N) is 2. The van der Waals surface area contributed by atoms with Gasteiger partial charge in [-0.3, -0.25) is 9.59 Å². The van der Waals surface area contributed by atoms with Gasteiger partial charge >= 0.3 is 0 Å². The predicted octanol–water partition coefficient (Wildman–Crippen LogP) is 1.94. The van der Waals surface area contributed by atoms with E-state index in [4.69, 9.17) is 11.6 Å². The van der Waals surface area contributed by atoms with Crippen LogP contribution in [0.1, 0.15) is 13.3 Å². The molecule has 1 aromatic carbocycles. The Labute approximate surface area is 147 Å². The highest BCUT2D eigenvalue weighted by Gasteiger charge is 2.41. The van der Waals surface area contributed by atoms with E-state index in [1.54, 1.807) is 17.0 Å². The first kappa shape index (κ1) is 18.0. The summed E-state index contributed by atoms with van der Waals surface area (Å²) in [6.07, 6.45) is 0.570. The van der Waals surface area contributed by atoms with Crippen molar-refractivity contribution in [1.29, 1.82) is 0 Å². The van der Waals surface area contributed by atoms with Crippen molar-refractivity contribution in [2.24, 2.45) is 5.92 Å². The highest BCUT2D eigenvalue weighted by Crippen LogP contribution is 2.28. The standard InChI is InChI=1S/C16H20ClN3O2.ClH/c1-11-10-18-6-8-19(11)15(21)14-5-7-20(16(14)22)13-4-2-3-12(17)9-13;/h2-4,9,11,14,18H,5-8,10H2,1H3;1H. The number of halogens is 2. The van der Waals surface area contributed by atoms with Crippen molar-refractivity contribution in [3.8, 4) is 0 Å². The molecule has 2 unspecified atom stereocenters. The third-order valence-corrected chi connectivity index (χ3v) is 4.64. The third-order valence-electron chi connectivity index (χ3n) is 4.41. The second-order valence-electron chi connectivity index (χ2n) is 5.90. The van der Waals surface area contributed by atoms with Gasteiger partial charge < -0.3 is 15.1 Å². The van der Waals surface area contributed by atoms with E-state index in [9.17, 15) is 9.59 Å². The molecular formula is C16H21Cl2N3O2. The van der Waals surface area contributed by atoms with Gasteiger partial charge in [-0.15, -0.1) is 12.4 Å². The number of nitrogens with one attached hydrogen (secondary N) is 1. The summed E-state index contributed by atoms with van der Waals surface area (Å²) >= 11 is 5.99. The first-order valence-corrected chi connectivity index (χ1v) is 8.04. The van der Waals surface area contributed by atoms with E-state index in [2.05, 4.69) is 5.32 Å². The summed E-state index contributed by atoms with van der Waals surface area (Å²) in [5.41, 5.74) is 0.765. The summed E-state index contributed by atoms with van der Waals surface area (Å²) in [4.78, 5) is 28.8. The summed E-state index contributed by atoms with van der Waals surface area (Å²) in [5.74, 6) is -0.707. The van der Waals surface area contributed by atoms with E-state index in [-0.39, 0.29) is 30.3 Å². The molecule has 0 saturated carbocycles. The number of anilines is 1. The van der Waals surface area contributed by atoms with Crippen LogP contribution in [0.5, 0.6) is 0 Å². The summed E-state index contributed by atoms with van der Waals surface area (Å²) < 4.78 is 0. The van der Waals surface area contributed by atoms with Gasteiger partial charge in [0.05, 0.1) is 0 Å². The van der Waals surface area contributed by atoms with Gasteiger partial charge in [0.15, 0.2) is 0 Å². The first-order chi connectivity index (χ1) is 10.6. The quantitative estimate of drug-likeness (QED) is 0.822. The Balaban J connectivity index is 0.00000192. The smallest absolute Gasteiger partial charge is 0.239 e. The maximum absolute atomic E-state index is 12.7. The Kier molecular flexibility index (Phi) is 5.89. The van der Waals surface area contributed by atoms with Gasteiger partial charge in [-0.1, -0.05) is 17.7 Å². The summed E-state index contributed by atoms with van der Waals surface area (Å²) in [7, 11) is 0. The van der Waals surface area contributed by atoms with Crippen molar-refractivity contribution in [1.82, 2.24) is 10.2 Å². The lowest BCUT2D eigenvalue weighted by Gasteiger charge is -2.35. The van der Waals surface area contributed by atoms with Crippen LogP contribution in [-0.2, 0) is 9.59 Å². The van der Waals surface area contributed by atoms with Crippen LogP contribution < -0.4 is 10.2 Å². The molecule has 0 radical (unpaired) electrons. The lowest BCUT2D eigenvalue weighted by molar-refractivity contribution is -0.142. The zero-order valence-corrected chi connectivity index (χ0v) is 14.6. The van der Waals surface area contributed by atoms with Crippen LogP contribution in [0.25, 0.3) is 0 Å². The summed E-state index contributed by atoms with van der Waals surface area (Å²) in [5, 5.41) is 3.85. The molecule has 2 aliphatic heterocycles. The molecule has 0 aliphatic carbocycles. The fourth-order valence-electron chi connectivity index (χ4n) is 3.18. The Morgan fingerprint density at radius 2 is 2.13 bits per heavy atom. The van der Waals surface area contributed by atoms with Gasteiger partial charge in [-0.2, -0.15) is 0 Å². The first-order valence-electron chi connectivity index (χ1n) is 7.66. The van der Waals surface area contributed by atoms with Gasteiger partial charge in [0.2, 0.25) is 11.8 Å². The average Bonchev–Trinajstić information content (AvgIpc) is 2.89. The number of carbonyl (C=O) groups excluding carboxylic acids is 2. The maximum atomic E-state index is 12.7. The molecule has 3 rings (SSSR count). The second-order valence-corrected chi connectivity index (χ2v) is 6.33. The van der Waals surface area contributed by atoms with Gasteiger partial charge in [-0.25, -0.2) is 0 Å². The van der Waals surface area contributed by atoms with Crippen molar-refractivity contribution in [3.63, 3.8) is 0 Å². The summed E-state index contributed by atoms with van der Waals surface area (Å²) in [6, 6.07) is 7.34. The van der Waals surface area contributed by atoms with Crippen molar-refractivity contribution >= 4 is 41.5 Å². The van der Waals surface area contributed by atoms with E-state index >= 15 is 0 Å². The number of carbonyl (C=O) groups is 2. The third kappa shape index (κ3) is 3.62. The van der Waals surface area contributed by atoms with Crippen molar-refractivity contribution < 1.29 is 9.59 Å². The topological polar surface area (TPSA) is 52.7 Å². The van der Waals surface area contributed by atoms with Crippen LogP contribution in [0, 0.1) is 5.92 Å². The van der Waals surface area contributed by atoms with Crippen LogP contribution in [0.3, 0.4) is 0 Å². The number of hydrogen-bond acceptors (Lipinski definition) is 3. The molecule has 2 aliphatic rings. The normalized spacial score (nSPS) is 24.5. The van der Waals surface area contributed by atoms with E-state index < -0.39 is 5.92 Å². The Hall–Kier alpha value is -1.30. The molecule has 2 atom stereocenters. The highest BCUT2D eigenvalue weighted by atomic mass is 35.5. The number of rotatable bonds is 2. The number of hydrogen-bond donors (Lipinski definition) is 1. The molecule has 2 amide bonds. The largest absolute Gasteiger partial charge is 0.337 e. The summed E-state index contributed by atoms with van der Waals surface area (Å²) in [6.45, 7) is 4.81. The SMILES string of the molecule is CC1CNCCN1C(=O)C1CCN(c2cccc(Cl)c2)C1=O.Cl. The molecule has 5 nitrogen and oxygen atoms in total. The fraction of sp³-hybridized carbons (Fsp3) is 0.500. The van der Waals surface area contributed by atoms with Crippen LogP contribution in [0.4, 0.5) is 5.69 Å². The molecule has 2 fully saturated rings. The number of benzene rings is 1. The minimum absolute atomic E-state index is 0. The molecule has 0 aromatic heterocycles. The Bertz CT molecular complexity index is 596. The van der Waals surface area contributed by atoms with Crippen molar-refractivity contribution in [2.45, 2.75) is 19.4 Å². The van der Waals surface area contributed by atoms with Gasteiger partial charge in [0, 0.05) is 42.9 Å². The van der Waals surface area contributed by atoms with E-state index in [0.717, 1.165) is 18.8 Å². The average molecular weight is 358 g/mol. The highest BCUT2D eigenvalue weighted by molar-refractivity contribution is 6.31. The number of piperazine rings is 1. The predicted molar refractivity (Wildman–Crippen MR) is 93.2 cm³/mol. The Morgan fingerprint density at radius 3 is 2.83 bits per heavy atom. The van der Waals surface area contributed by atoms with Crippen LogP contribution in [0.15, 0.2) is 24.3 Å². The van der Waals surface area contributed by atoms with Crippen molar-refractivity contribution in [3.05, 3.63) is 29.3 Å². The van der Waals surface area contributed by atoms with E-state index in [1.165, 1.54) is 0 Å². The molecule has 2 heterocycles. The minimum atomic E-state index is -0.556. The fourth-order valence-corrected chi connectivity index (χ4v) is 3.36. The van der Waals surface area contributed by atoms with Crippen LogP contribution >= 0.6 is 24.0 Å². The lowest BCUT2D eigenvalue weighted by atomic mass is 10.0. The zero-order chi connectivity index (χ0) is 15.7. The van der Waals surface area contributed by atoms with Gasteiger partial charge in [0.1, 0.15) is 5.92 Å². The molecule has 1 aromatic rings. The Morgan fingerprint density at radius 1 is 1.35 bits per heavy atom. The molecule has 0 spiro atoms. The molecule has 126 valence electrons. The maximum Gasteiger partial charge on any atom is 0.239 e. The van der Waals surface area contributed by atoms with Crippen LogP contribution in [-0.4, -0.2) is 48.9 Å². The second kappa shape index (κ2) is 7.51.